The second kappa shape index (κ2) is 7.77. The Morgan fingerprint density at radius 3 is 2.88 bits per heavy atom. The largest absolute Gasteiger partial charge is 0.457 e. The molecule has 17 heavy (non-hydrogen) atoms. The lowest BCUT2D eigenvalue weighted by Crippen LogP contribution is -2.29. The van der Waals surface area contributed by atoms with E-state index in [0.717, 1.165) is 19.3 Å². The van der Waals surface area contributed by atoms with Crippen molar-refractivity contribution in [2.24, 2.45) is 5.92 Å². The Morgan fingerprint density at radius 1 is 1.59 bits per heavy atom. The van der Waals surface area contributed by atoms with E-state index in [-0.39, 0.29) is 5.91 Å². The highest BCUT2D eigenvalue weighted by Gasteiger charge is 2.14. The molecule has 5 heteroatoms. The summed E-state index contributed by atoms with van der Waals surface area (Å²) in [5, 5.41) is 2.91. The van der Waals surface area contributed by atoms with Crippen LogP contribution >= 0.6 is 27.5 Å². The zero-order valence-electron chi connectivity index (χ0n) is 9.84. The molecule has 1 N–H and O–H groups in total. The van der Waals surface area contributed by atoms with Crippen molar-refractivity contribution in [1.82, 2.24) is 5.32 Å². The molecule has 0 radical (unpaired) electrons. The van der Waals surface area contributed by atoms with Crippen molar-refractivity contribution in [3.8, 4) is 0 Å². The first-order valence-corrected chi connectivity index (χ1v) is 7.09. The van der Waals surface area contributed by atoms with Crippen LogP contribution in [-0.2, 0) is 0 Å². The van der Waals surface area contributed by atoms with E-state index in [0.29, 0.717) is 28.6 Å². The van der Waals surface area contributed by atoms with Gasteiger partial charge in [0, 0.05) is 12.4 Å². The lowest BCUT2D eigenvalue weighted by atomic mass is 10.0. The smallest absolute Gasteiger partial charge is 0.255 e. The molecule has 1 aromatic rings. The van der Waals surface area contributed by atoms with Crippen molar-refractivity contribution in [3.63, 3.8) is 0 Å². The van der Waals surface area contributed by atoms with Crippen LogP contribution in [0.15, 0.2) is 21.4 Å². The van der Waals surface area contributed by atoms with Gasteiger partial charge in [-0.05, 0) is 40.8 Å². The lowest BCUT2D eigenvalue weighted by Gasteiger charge is -2.15. The number of hydrogen-bond acceptors (Lipinski definition) is 2. The van der Waals surface area contributed by atoms with Crippen molar-refractivity contribution in [2.75, 3.05) is 12.4 Å². The first-order valence-electron chi connectivity index (χ1n) is 5.76. The topological polar surface area (TPSA) is 42.2 Å². The standard InChI is InChI=1S/C12H17BrClNO2/c1-2-3-9(4-6-14)8-15-12(16)10-5-7-17-11(10)13/h5,7,9H,2-4,6,8H2,1H3,(H,15,16). The molecule has 0 spiro atoms. The summed E-state index contributed by atoms with van der Waals surface area (Å²) in [7, 11) is 0. The van der Waals surface area contributed by atoms with Crippen LogP contribution in [0.3, 0.4) is 0 Å². The predicted octanol–water partition coefficient (Wildman–Crippen LogP) is 3.82. The summed E-state index contributed by atoms with van der Waals surface area (Å²) in [5.74, 6) is 0.976. The Morgan fingerprint density at radius 2 is 2.35 bits per heavy atom. The van der Waals surface area contributed by atoms with Crippen molar-refractivity contribution in [1.29, 1.82) is 0 Å². The Hall–Kier alpha value is -0.480. The van der Waals surface area contributed by atoms with Crippen LogP contribution in [0.25, 0.3) is 0 Å². The van der Waals surface area contributed by atoms with Crippen LogP contribution in [0.4, 0.5) is 0 Å². The van der Waals surface area contributed by atoms with Crippen LogP contribution in [0.1, 0.15) is 36.5 Å². The summed E-state index contributed by atoms with van der Waals surface area (Å²) in [6.45, 7) is 2.80. The number of alkyl halides is 1. The number of carbonyl (C=O) groups excluding carboxylic acids is 1. The summed E-state index contributed by atoms with van der Waals surface area (Å²) in [4.78, 5) is 11.8. The fourth-order valence-corrected chi connectivity index (χ4v) is 2.43. The average molecular weight is 323 g/mol. The molecule has 1 amide bonds. The van der Waals surface area contributed by atoms with E-state index < -0.39 is 0 Å². The van der Waals surface area contributed by atoms with Gasteiger partial charge in [-0.25, -0.2) is 0 Å². The van der Waals surface area contributed by atoms with Crippen molar-refractivity contribution in [2.45, 2.75) is 26.2 Å². The molecule has 1 atom stereocenters. The number of nitrogens with one attached hydrogen (secondary N) is 1. The first-order chi connectivity index (χ1) is 8.19. The molecule has 0 saturated carbocycles. The van der Waals surface area contributed by atoms with Gasteiger partial charge in [0.2, 0.25) is 0 Å². The summed E-state index contributed by atoms with van der Waals surface area (Å²) >= 11 is 8.92. The maximum absolute atomic E-state index is 11.8. The number of rotatable bonds is 7. The third-order valence-corrected chi connectivity index (χ3v) is 3.46. The maximum Gasteiger partial charge on any atom is 0.255 e. The Bertz CT molecular complexity index is 348. The lowest BCUT2D eigenvalue weighted by molar-refractivity contribution is 0.0944. The minimum atomic E-state index is -0.110. The van der Waals surface area contributed by atoms with E-state index in [2.05, 4.69) is 28.2 Å². The van der Waals surface area contributed by atoms with Crippen molar-refractivity contribution in [3.05, 3.63) is 22.6 Å². The number of amides is 1. The summed E-state index contributed by atoms with van der Waals surface area (Å²) in [6.07, 6.45) is 4.61. The molecule has 0 aliphatic rings. The SMILES string of the molecule is CCCC(CCCl)CNC(=O)c1ccoc1Br. The van der Waals surface area contributed by atoms with Gasteiger partial charge in [-0.3, -0.25) is 4.79 Å². The number of furan rings is 1. The Labute approximate surface area is 115 Å². The molecule has 96 valence electrons. The fraction of sp³-hybridized carbons (Fsp3) is 0.583. The molecule has 0 aliphatic heterocycles. The third-order valence-electron chi connectivity index (χ3n) is 2.63. The highest BCUT2D eigenvalue weighted by molar-refractivity contribution is 9.10. The Kier molecular flexibility index (Phi) is 6.66. The average Bonchev–Trinajstić information content (AvgIpc) is 2.72. The summed E-state index contributed by atoms with van der Waals surface area (Å²) < 4.78 is 5.49. The minimum absolute atomic E-state index is 0.110. The fourth-order valence-electron chi connectivity index (χ4n) is 1.70. The van der Waals surface area contributed by atoms with Crippen LogP contribution < -0.4 is 5.32 Å². The number of hydrogen-bond donors (Lipinski definition) is 1. The van der Waals surface area contributed by atoms with Crippen molar-refractivity contribution < 1.29 is 9.21 Å². The van der Waals surface area contributed by atoms with Gasteiger partial charge in [-0.1, -0.05) is 13.3 Å². The van der Waals surface area contributed by atoms with Crippen LogP contribution in [0.5, 0.6) is 0 Å². The molecular formula is C12H17BrClNO2. The molecule has 1 unspecified atom stereocenters. The van der Waals surface area contributed by atoms with E-state index in [9.17, 15) is 4.79 Å². The first kappa shape index (κ1) is 14.6. The molecule has 0 saturated heterocycles. The normalized spacial score (nSPS) is 12.4. The quantitative estimate of drug-likeness (QED) is 0.776. The molecule has 0 fully saturated rings. The second-order valence-corrected chi connectivity index (χ2v) is 5.05. The van der Waals surface area contributed by atoms with Crippen LogP contribution in [-0.4, -0.2) is 18.3 Å². The van der Waals surface area contributed by atoms with Gasteiger partial charge >= 0.3 is 0 Å². The van der Waals surface area contributed by atoms with Gasteiger partial charge in [0.1, 0.15) is 0 Å². The number of halogens is 2. The Balaban J connectivity index is 2.43. The molecule has 1 rings (SSSR count). The summed E-state index contributed by atoms with van der Waals surface area (Å²) in [5.41, 5.74) is 0.533. The van der Waals surface area contributed by atoms with Gasteiger partial charge in [0.15, 0.2) is 4.67 Å². The van der Waals surface area contributed by atoms with Gasteiger partial charge in [0.25, 0.3) is 5.91 Å². The molecule has 1 aromatic heterocycles. The second-order valence-electron chi connectivity index (χ2n) is 3.95. The van der Waals surface area contributed by atoms with Crippen LogP contribution in [0.2, 0.25) is 0 Å². The van der Waals surface area contributed by atoms with E-state index in [1.54, 1.807) is 6.07 Å². The van der Waals surface area contributed by atoms with Gasteiger partial charge in [-0.15, -0.1) is 11.6 Å². The van der Waals surface area contributed by atoms with E-state index >= 15 is 0 Å². The van der Waals surface area contributed by atoms with E-state index in [1.807, 2.05) is 0 Å². The van der Waals surface area contributed by atoms with Gasteiger partial charge in [0.05, 0.1) is 11.8 Å². The molecule has 0 aliphatic carbocycles. The molecular weight excluding hydrogens is 305 g/mol. The van der Waals surface area contributed by atoms with Gasteiger partial charge < -0.3 is 9.73 Å². The van der Waals surface area contributed by atoms with Gasteiger partial charge in [-0.2, -0.15) is 0 Å². The monoisotopic (exact) mass is 321 g/mol. The highest BCUT2D eigenvalue weighted by atomic mass is 79.9. The zero-order valence-corrected chi connectivity index (χ0v) is 12.2. The van der Waals surface area contributed by atoms with E-state index in [1.165, 1.54) is 6.26 Å². The van der Waals surface area contributed by atoms with E-state index in [4.69, 9.17) is 16.0 Å². The zero-order chi connectivity index (χ0) is 12.7. The number of carbonyl (C=O) groups is 1. The minimum Gasteiger partial charge on any atom is -0.457 e. The van der Waals surface area contributed by atoms with Crippen molar-refractivity contribution >= 4 is 33.4 Å². The third kappa shape index (κ3) is 4.72. The molecule has 0 bridgehead atoms. The van der Waals surface area contributed by atoms with Crippen LogP contribution in [0, 0.1) is 5.92 Å². The molecule has 0 aromatic carbocycles. The summed E-state index contributed by atoms with van der Waals surface area (Å²) in [6, 6.07) is 1.65. The maximum atomic E-state index is 11.8. The highest BCUT2D eigenvalue weighted by Crippen LogP contribution is 2.17. The molecule has 1 heterocycles. The predicted molar refractivity (Wildman–Crippen MR) is 72.5 cm³/mol. The molecule has 3 nitrogen and oxygen atoms in total.